The van der Waals surface area contributed by atoms with Crippen LogP contribution in [-0.2, 0) is 19.9 Å². The zero-order valence-electron chi connectivity index (χ0n) is 9.66. The topological polar surface area (TPSA) is 66.8 Å². The predicted octanol–water partition coefficient (Wildman–Crippen LogP) is 0.332. The van der Waals surface area contributed by atoms with Crippen LogP contribution in [-0.4, -0.2) is 30.1 Å². The highest BCUT2D eigenvalue weighted by molar-refractivity contribution is 6.07. The molecule has 0 saturated heterocycles. The first-order valence-electron chi connectivity index (χ1n) is 5.54. The van der Waals surface area contributed by atoms with Gasteiger partial charge in [-0.3, -0.25) is 4.79 Å². The van der Waals surface area contributed by atoms with E-state index in [9.17, 15) is 14.7 Å². The van der Waals surface area contributed by atoms with Crippen molar-refractivity contribution in [3.05, 3.63) is 42.0 Å². The summed E-state index contributed by atoms with van der Waals surface area (Å²) < 4.78 is 4.98. The molecule has 0 spiro atoms. The first kappa shape index (κ1) is 11.0. The number of carbonyl (C=O) groups excluding carboxylic acids is 2. The lowest BCUT2D eigenvalue weighted by Gasteiger charge is -2.26. The standard InChI is InChI=1S/C13H11NO4/c1-14-9-5-3-2-4-8(9)13(17,12(14)16)10-6-7-11(15)18-10/h2-7,10,17H,1H3. The molecule has 0 saturated carbocycles. The zero-order valence-corrected chi connectivity index (χ0v) is 9.66. The molecule has 18 heavy (non-hydrogen) atoms. The molecule has 5 nitrogen and oxygen atoms in total. The van der Waals surface area contributed by atoms with E-state index < -0.39 is 23.6 Å². The molecule has 1 N–H and O–H groups in total. The van der Waals surface area contributed by atoms with Crippen LogP contribution in [0.1, 0.15) is 5.56 Å². The van der Waals surface area contributed by atoms with Crippen molar-refractivity contribution in [3.63, 3.8) is 0 Å². The summed E-state index contributed by atoms with van der Waals surface area (Å²) in [6.07, 6.45) is 1.66. The third kappa shape index (κ3) is 1.19. The Hall–Kier alpha value is -2.14. The van der Waals surface area contributed by atoms with Crippen molar-refractivity contribution >= 4 is 17.6 Å². The smallest absolute Gasteiger partial charge is 0.331 e. The Kier molecular flexibility index (Phi) is 2.09. The van der Waals surface area contributed by atoms with Gasteiger partial charge in [-0.2, -0.15) is 0 Å². The van der Waals surface area contributed by atoms with Crippen molar-refractivity contribution in [1.29, 1.82) is 0 Å². The highest BCUT2D eigenvalue weighted by Gasteiger charge is 2.55. The summed E-state index contributed by atoms with van der Waals surface area (Å²) in [5, 5.41) is 10.7. The fourth-order valence-electron chi connectivity index (χ4n) is 2.44. The lowest BCUT2D eigenvalue weighted by atomic mass is 9.89. The van der Waals surface area contributed by atoms with Crippen molar-refractivity contribution < 1.29 is 19.4 Å². The molecule has 5 heteroatoms. The van der Waals surface area contributed by atoms with Gasteiger partial charge in [-0.15, -0.1) is 0 Å². The molecule has 1 amide bonds. The Morgan fingerprint density at radius 3 is 2.72 bits per heavy atom. The number of cyclic esters (lactones) is 1. The normalized spacial score (nSPS) is 29.7. The van der Waals surface area contributed by atoms with Gasteiger partial charge in [0.2, 0.25) is 5.60 Å². The fourth-order valence-corrected chi connectivity index (χ4v) is 2.44. The predicted molar refractivity (Wildman–Crippen MR) is 62.8 cm³/mol. The number of esters is 1. The first-order chi connectivity index (χ1) is 8.55. The molecule has 0 fully saturated rings. The number of fused-ring (bicyclic) bond motifs is 1. The third-order valence-electron chi connectivity index (χ3n) is 3.37. The molecule has 0 aliphatic carbocycles. The number of hydrogen-bond donors (Lipinski definition) is 1. The summed E-state index contributed by atoms with van der Waals surface area (Å²) in [6.45, 7) is 0. The van der Waals surface area contributed by atoms with E-state index in [0.29, 0.717) is 11.3 Å². The first-order valence-corrected chi connectivity index (χ1v) is 5.54. The second kappa shape index (κ2) is 3.43. The van der Waals surface area contributed by atoms with Crippen LogP contribution >= 0.6 is 0 Å². The van der Waals surface area contributed by atoms with Crippen LogP contribution in [0.25, 0.3) is 0 Å². The van der Waals surface area contributed by atoms with E-state index in [1.54, 1.807) is 31.3 Å². The average molecular weight is 245 g/mol. The minimum atomic E-state index is -1.83. The molecule has 2 aliphatic rings. The summed E-state index contributed by atoms with van der Waals surface area (Å²) >= 11 is 0. The molecule has 0 aromatic heterocycles. The maximum Gasteiger partial charge on any atom is 0.331 e. The van der Waals surface area contributed by atoms with Crippen LogP contribution in [0.5, 0.6) is 0 Å². The molecule has 2 heterocycles. The number of para-hydroxylation sites is 1. The van der Waals surface area contributed by atoms with Gasteiger partial charge < -0.3 is 14.7 Å². The quantitative estimate of drug-likeness (QED) is 0.724. The Labute approximate surface area is 103 Å². The Morgan fingerprint density at radius 1 is 1.33 bits per heavy atom. The summed E-state index contributed by atoms with van der Waals surface area (Å²) in [5.74, 6) is -1.04. The maximum atomic E-state index is 12.2. The number of ether oxygens (including phenoxy) is 1. The number of benzene rings is 1. The summed E-state index contributed by atoms with van der Waals surface area (Å²) in [4.78, 5) is 24.7. The van der Waals surface area contributed by atoms with Gasteiger partial charge in [0, 0.05) is 18.7 Å². The minimum Gasteiger partial charge on any atom is -0.451 e. The fraction of sp³-hybridized carbons (Fsp3) is 0.231. The molecule has 3 rings (SSSR count). The van der Waals surface area contributed by atoms with Gasteiger partial charge in [0.25, 0.3) is 5.91 Å². The van der Waals surface area contributed by atoms with Crippen molar-refractivity contribution in [2.24, 2.45) is 0 Å². The van der Waals surface area contributed by atoms with Gasteiger partial charge in [-0.25, -0.2) is 4.79 Å². The number of amides is 1. The van der Waals surface area contributed by atoms with E-state index in [-0.39, 0.29) is 0 Å². The van der Waals surface area contributed by atoms with Crippen molar-refractivity contribution in [2.45, 2.75) is 11.7 Å². The minimum absolute atomic E-state index is 0.460. The summed E-state index contributed by atoms with van der Waals surface area (Å²) in [5.41, 5.74) is -0.739. The number of likely N-dealkylation sites (N-methyl/N-ethyl adjacent to an activating group) is 1. The van der Waals surface area contributed by atoms with Gasteiger partial charge >= 0.3 is 5.97 Å². The van der Waals surface area contributed by atoms with Crippen LogP contribution in [0.4, 0.5) is 5.69 Å². The number of aliphatic hydroxyl groups is 1. The molecule has 1 aromatic carbocycles. The largest absolute Gasteiger partial charge is 0.451 e. The number of carbonyl (C=O) groups is 2. The SMILES string of the molecule is CN1C(=O)C(O)(C2C=CC(=O)O2)c2ccccc21. The molecule has 2 atom stereocenters. The molecule has 0 radical (unpaired) electrons. The molecule has 0 bridgehead atoms. The van der Waals surface area contributed by atoms with E-state index in [1.807, 2.05) is 0 Å². The van der Waals surface area contributed by atoms with E-state index >= 15 is 0 Å². The number of hydrogen-bond acceptors (Lipinski definition) is 4. The van der Waals surface area contributed by atoms with Crippen LogP contribution in [0, 0.1) is 0 Å². The van der Waals surface area contributed by atoms with Gasteiger partial charge in [0.05, 0.1) is 5.69 Å². The van der Waals surface area contributed by atoms with E-state index in [2.05, 4.69) is 0 Å². The second-order valence-electron chi connectivity index (χ2n) is 4.36. The molecule has 92 valence electrons. The maximum absolute atomic E-state index is 12.2. The van der Waals surface area contributed by atoms with Gasteiger partial charge in [-0.05, 0) is 12.1 Å². The van der Waals surface area contributed by atoms with E-state index in [4.69, 9.17) is 4.74 Å². The van der Waals surface area contributed by atoms with E-state index in [0.717, 1.165) is 0 Å². The van der Waals surface area contributed by atoms with E-state index in [1.165, 1.54) is 17.1 Å². The van der Waals surface area contributed by atoms with Gasteiger partial charge in [0.15, 0.2) is 6.10 Å². The average Bonchev–Trinajstić information content (AvgIpc) is 2.89. The van der Waals surface area contributed by atoms with Crippen LogP contribution in [0.2, 0.25) is 0 Å². The van der Waals surface area contributed by atoms with Gasteiger partial charge in [0.1, 0.15) is 0 Å². The highest BCUT2D eigenvalue weighted by Crippen LogP contribution is 2.43. The molecular formula is C13H11NO4. The number of nitrogens with zero attached hydrogens (tertiary/aromatic N) is 1. The van der Waals surface area contributed by atoms with Crippen molar-refractivity contribution in [3.8, 4) is 0 Å². The van der Waals surface area contributed by atoms with Crippen LogP contribution in [0.3, 0.4) is 0 Å². The lowest BCUT2D eigenvalue weighted by Crippen LogP contribution is -2.47. The highest BCUT2D eigenvalue weighted by atomic mass is 16.6. The summed E-state index contributed by atoms with van der Waals surface area (Å²) in [6, 6.07) is 6.92. The summed E-state index contributed by atoms with van der Waals surface area (Å²) in [7, 11) is 1.58. The third-order valence-corrected chi connectivity index (χ3v) is 3.37. The lowest BCUT2D eigenvalue weighted by molar-refractivity contribution is -0.159. The second-order valence-corrected chi connectivity index (χ2v) is 4.36. The van der Waals surface area contributed by atoms with Crippen molar-refractivity contribution in [2.75, 3.05) is 11.9 Å². The number of anilines is 1. The molecular weight excluding hydrogens is 234 g/mol. The van der Waals surface area contributed by atoms with Crippen LogP contribution in [0.15, 0.2) is 36.4 Å². The van der Waals surface area contributed by atoms with Gasteiger partial charge in [-0.1, -0.05) is 18.2 Å². The van der Waals surface area contributed by atoms with Crippen molar-refractivity contribution in [1.82, 2.24) is 0 Å². The Balaban J connectivity index is 2.15. The van der Waals surface area contributed by atoms with Crippen LogP contribution < -0.4 is 4.90 Å². The Morgan fingerprint density at radius 2 is 2.06 bits per heavy atom. The number of rotatable bonds is 1. The molecule has 2 unspecified atom stereocenters. The zero-order chi connectivity index (χ0) is 12.9. The monoisotopic (exact) mass is 245 g/mol. The Bertz CT molecular complexity index is 580. The molecule has 1 aromatic rings. The molecule has 2 aliphatic heterocycles.